The van der Waals surface area contributed by atoms with E-state index in [0.29, 0.717) is 6.04 Å². The van der Waals surface area contributed by atoms with E-state index in [1.165, 1.54) is 24.8 Å². The molecule has 0 aromatic heterocycles. The number of urea groups is 1. The Kier molecular flexibility index (Phi) is 3.45. The molecular weight excluding hydrogens is 236 g/mol. The predicted molar refractivity (Wildman–Crippen MR) is 77.5 cm³/mol. The van der Waals surface area contributed by atoms with Crippen LogP contribution in [-0.4, -0.2) is 18.1 Å². The molecule has 0 bridgehead atoms. The molecule has 1 aromatic rings. The average Bonchev–Trinajstić information content (AvgIpc) is 2.75. The Balaban J connectivity index is 1.72. The number of nitrogens with zero attached hydrogens (tertiary/aromatic N) is 1. The Bertz CT molecular complexity index is 466. The molecule has 3 rings (SSSR count). The van der Waals surface area contributed by atoms with Crippen molar-refractivity contribution in [3.63, 3.8) is 0 Å². The maximum atomic E-state index is 12.5. The number of rotatable bonds is 1. The Morgan fingerprint density at radius 2 is 1.95 bits per heavy atom. The zero-order chi connectivity index (χ0) is 13.2. The molecule has 1 fully saturated rings. The minimum absolute atomic E-state index is 0.0874. The molecule has 1 aliphatic heterocycles. The number of carbonyl (C=O) groups excluding carboxylic acids is 1. The van der Waals surface area contributed by atoms with Crippen LogP contribution in [-0.2, 0) is 6.42 Å². The highest BCUT2D eigenvalue weighted by Gasteiger charge is 2.31. The van der Waals surface area contributed by atoms with Crippen LogP contribution >= 0.6 is 0 Å². The number of nitrogens with one attached hydrogen (secondary N) is 1. The standard InChI is InChI=1S/C16H22N2O/c1-12-11-13-7-5-6-10-15(13)18(12)16(19)17-14-8-3-2-4-9-14/h5-7,10,12,14H,2-4,8-9,11H2,1H3,(H,17,19)/t12-/m0/s1. The van der Waals surface area contributed by atoms with Gasteiger partial charge in [0.1, 0.15) is 0 Å². The summed E-state index contributed by atoms with van der Waals surface area (Å²) in [6, 6.07) is 8.97. The van der Waals surface area contributed by atoms with Gasteiger partial charge in [0.05, 0.1) is 0 Å². The van der Waals surface area contributed by atoms with Crippen LogP contribution in [0.25, 0.3) is 0 Å². The molecule has 1 aliphatic carbocycles. The Hall–Kier alpha value is -1.51. The monoisotopic (exact) mass is 258 g/mol. The largest absolute Gasteiger partial charge is 0.335 e. The van der Waals surface area contributed by atoms with E-state index < -0.39 is 0 Å². The number of fused-ring (bicyclic) bond motifs is 1. The van der Waals surface area contributed by atoms with Gasteiger partial charge in [0.2, 0.25) is 0 Å². The second kappa shape index (κ2) is 5.24. The van der Waals surface area contributed by atoms with Gasteiger partial charge in [-0.2, -0.15) is 0 Å². The lowest BCUT2D eigenvalue weighted by molar-refractivity contribution is 0.237. The number of hydrogen-bond donors (Lipinski definition) is 1. The van der Waals surface area contributed by atoms with E-state index in [1.807, 2.05) is 17.0 Å². The van der Waals surface area contributed by atoms with E-state index in [-0.39, 0.29) is 12.1 Å². The minimum atomic E-state index is 0.0874. The van der Waals surface area contributed by atoms with Gasteiger partial charge in [-0.15, -0.1) is 0 Å². The second-order valence-corrected chi connectivity index (χ2v) is 5.84. The number of amides is 2. The quantitative estimate of drug-likeness (QED) is 0.821. The molecule has 0 unspecified atom stereocenters. The topological polar surface area (TPSA) is 32.3 Å². The summed E-state index contributed by atoms with van der Waals surface area (Å²) in [6.45, 7) is 2.13. The van der Waals surface area contributed by atoms with E-state index in [4.69, 9.17) is 0 Å². The molecule has 1 aromatic carbocycles. The number of benzene rings is 1. The van der Waals surface area contributed by atoms with Gasteiger partial charge >= 0.3 is 6.03 Å². The maximum Gasteiger partial charge on any atom is 0.322 e. The van der Waals surface area contributed by atoms with Crippen LogP contribution in [0, 0.1) is 0 Å². The van der Waals surface area contributed by atoms with Crippen molar-refractivity contribution in [1.29, 1.82) is 0 Å². The van der Waals surface area contributed by atoms with Crippen LogP contribution in [0.5, 0.6) is 0 Å². The molecule has 0 saturated heterocycles. The number of para-hydroxylation sites is 1. The van der Waals surface area contributed by atoms with Gasteiger partial charge in [0.15, 0.2) is 0 Å². The SMILES string of the molecule is C[C@H]1Cc2ccccc2N1C(=O)NC1CCCCC1. The van der Waals surface area contributed by atoms with Crippen molar-refractivity contribution in [1.82, 2.24) is 5.32 Å². The van der Waals surface area contributed by atoms with Crippen LogP contribution in [0.15, 0.2) is 24.3 Å². The molecular formula is C16H22N2O. The van der Waals surface area contributed by atoms with Crippen molar-refractivity contribution in [2.75, 3.05) is 4.90 Å². The summed E-state index contributed by atoms with van der Waals surface area (Å²) in [7, 11) is 0. The Morgan fingerprint density at radius 1 is 1.21 bits per heavy atom. The molecule has 1 atom stereocenters. The van der Waals surface area contributed by atoms with E-state index in [0.717, 1.165) is 24.9 Å². The Labute approximate surface area is 115 Å². The second-order valence-electron chi connectivity index (χ2n) is 5.84. The van der Waals surface area contributed by atoms with E-state index >= 15 is 0 Å². The third kappa shape index (κ3) is 2.46. The third-order valence-electron chi connectivity index (χ3n) is 4.36. The molecule has 19 heavy (non-hydrogen) atoms. The van der Waals surface area contributed by atoms with Crippen molar-refractivity contribution in [2.45, 2.75) is 57.5 Å². The first-order valence-electron chi connectivity index (χ1n) is 7.43. The predicted octanol–water partition coefficient (Wildman–Crippen LogP) is 3.48. The van der Waals surface area contributed by atoms with E-state index in [2.05, 4.69) is 24.4 Å². The van der Waals surface area contributed by atoms with E-state index in [9.17, 15) is 4.79 Å². The minimum Gasteiger partial charge on any atom is -0.335 e. The molecule has 3 heteroatoms. The van der Waals surface area contributed by atoms with Gasteiger partial charge in [0.25, 0.3) is 0 Å². The lowest BCUT2D eigenvalue weighted by Crippen LogP contribution is -2.47. The maximum absolute atomic E-state index is 12.5. The van der Waals surface area contributed by atoms with Gasteiger partial charge in [0, 0.05) is 17.8 Å². The van der Waals surface area contributed by atoms with Gasteiger partial charge in [-0.1, -0.05) is 37.5 Å². The van der Waals surface area contributed by atoms with Crippen LogP contribution in [0.2, 0.25) is 0 Å². The highest BCUT2D eigenvalue weighted by atomic mass is 16.2. The van der Waals surface area contributed by atoms with Crippen molar-refractivity contribution in [3.8, 4) is 0 Å². The van der Waals surface area contributed by atoms with Gasteiger partial charge in [-0.05, 0) is 37.8 Å². The van der Waals surface area contributed by atoms with Gasteiger partial charge in [-0.3, -0.25) is 4.90 Å². The first kappa shape index (κ1) is 12.5. The van der Waals surface area contributed by atoms with Crippen LogP contribution in [0.1, 0.15) is 44.6 Å². The van der Waals surface area contributed by atoms with Gasteiger partial charge < -0.3 is 5.32 Å². The summed E-state index contributed by atoms with van der Waals surface area (Å²) in [5.41, 5.74) is 2.37. The molecule has 102 valence electrons. The van der Waals surface area contributed by atoms with Crippen LogP contribution in [0.3, 0.4) is 0 Å². The molecule has 1 saturated carbocycles. The van der Waals surface area contributed by atoms with Crippen molar-refractivity contribution in [2.24, 2.45) is 0 Å². The van der Waals surface area contributed by atoms with Gasteiger partial charge in [-0.25, -0.2) is 4.79 Å². The summed E-state index contributed by atoms with van der Waals surface area (Å²) < 4.78 is 0. The Morgan fingerprint density at radius 3 is 2.74 bits per heavy atom. The molecule has 2 amide bonds. The van der Waals surface area contributed by atoms with Crippen LogP contribution < -0.4 is 10.2 Å². The molecule has 3 nitrogen and oxygen atoms in total. The fourth-order valence-electron chi connectivity index (χ4n) is 3.37. The zero-order valence-corrected chi connectivity index (χ0v) is 11.6. The third-order valence-corrected chi connectivity index (χ3v) is 4.36. The molecule has 0 radical (unpaired) electrons. The lowest BCUT2D eigenvalue weighted by atomic mass is 9.96. The van der Waals surface area contributed by atoms with Crippen LogP contribution in [0.4, 0.5) is 10.5 Å². The first-order chi connectivity index (χ1) is 9.25. The zero-order valence-electron chi connectivity index (χ0n) is 11.6. The summed E-state index contributed by atoms with van der Waals surface area (Å²) in [4.78, 5) is 14.4. The summed E-state index contributed by atoms with van der Waals surface area (Å²) in [5, 5.41) is 3.22. The average molecular weight is 258 g/mol. The lowest BCUT2D eigenvalue weighted by Gasteiger charge is -2.28. The normalized spacial score (nSPS) is 23.2. The fraction of sp³-hybridized carbons (Fsp3) is 0.562. The molecule has 1 heterocycles. The highest BCUT2D eigenvalue weighted by Crippen LogP contribution is 2.32. The number of carbonyl (C=O) groups is 1. The molecule has 2 aliphatic rings. The smallest absolute Gasteiger partial charge is 0.322 e. The molecule has 0 spiro atoms. The number of hydrogen-bond acceptors (Lipinski definition) is 1. The summed E-state index contributed by atoms with van der Waals surface area (Å²) in [6.07, 6.45) is 7.04. The van der Waals surface area contributed by atoms with Crippen molar-refractivity contribution < 1.29 is 4.79 Å². The fourth-order valence-corrected chi connectivity index (χ4v) is 3.37. The van der Waals surface area contributed by atoms with Crippen molar-refractivity contribution >= 4 is 11.7 Å². The van der Waals surface area contributed by atoms with E-state index in [1.54, 1.807) is 0 Å². The first-order valence-corrected chi connectivity index (χ1v) is 7.43. The van der Waals surface area contributed by atoms with Crippen molar-refractivity contribution in [3.05, 3.63) is 29.8 Å². The number of anilines is 1. The molecule has 1 N–H and O–H groups in total. The highest BCUT2D eigenvalue weighted by molar-refractivity contribution is 5.95. The summed E-state index contributed by atoms with van der Waals surface area (Å²) in [5.74, 6) is 0. The summed E-state index contributed by atoms with van der Waals surface area (Å²) >= 11 is 0.